The highest BCUT2D eigenvalue weighted by Gasteiger charge is 2.13. The van der Waals surface area contributed by atoms with Gasteiger partial charge in [-0.25, -0.2) is 0 Å². The Balaban J connectivity index is 2.04. The zero-order valence-electron chi connectivity index (χ0n) is 12.0. The summed E-state index contributed by atoms with van der Waals surface area (Å²) in [5.41, 5.74) is 1.58. The van der Waals surface area contributed by atoms with Gasteiger partial charge in [0.2, 0.25) is 5.91 Å². The van der Waals surface area contributed by atoms with E-state index in [-0.39, 0.29) is 18.4 Å². The van der Waals surface area contributed by atoms with Gasteiger partial charge in [-0.1, -0.05) is 17.7 Å². The van der Waals surface area contributed by atoms with Gasteiger partial charge in [0.1, 0.15) is 5.75 Å². The summed E-state index contributed by atoms with van der Waals surface area (Å²) in [5.74, 6) is 0.550. The Morgan fingerprint density at radius 2 is 2.19 bits per heavy atom. The molecule has 1 aromatic heterocycles. The number of halogens is 1. The van der Waals surface area contributed by atoms with Gasteiger partial charge < -0.3 is 10.1 Å². The SMILES string of the molecule is COc1ccc(Cl)cc1CC(=O)N[C@@H](C)c1ccccn1. The third-order valence-corrected chi connectivity index (χ3v) is 3.34. The fourth-order valence-electron chi connectivity index (χ4n) is 2.06. The maximum absolute atomic E-state index is 12.1. The van der Waals surface area contributed by atoms with Crippen LogP contribution in [0.15, 0.2) is 42.6 Å². The summed E-state index contributed by atoms with van der Waals surface area (Å²) < 4.78 is 5.24. The maximum Gasteiger partial charge on any atom is 0.225 e. The molecule has 2 rings (SSSR count). The standard InChI is InChI=1S/C16H17ClN2O2/c1-11(14-5-3-4-8-18-14)19-16(20)10-12-9-13(17)6-7-15(12)21-2/h3-9,11H,10H2,1-2H3,(H,19,20)/t11-/m0/s1. The summed E-state index contributed by atoms with van der Waals surface area (Å²) in [5, 5.41) is 3.50. The highest BCUT2D eigenvalue weighted by atomic mass is 35.5. The predicted molar refractivity (Wildman–Crippen MR) is 82.5 cm³/mol. The molecule has 0 radical (unpaired) electrons. The van der Waals surface area contributed by atoms with Gasteiger partial charge in [0.15, 0.2) is 0 Å². The summed E-state index contributed by atoms with van der Waals surface area (Å²) in [6.45, 7) is 1.90. The molecule has 0 fully saturated rings. The summed E-state index contributed by atoms with van der Waals surface area (Å²) in [6.07, 6.45) is 1.92. The van der Waals surface area contributed by atoms with Crippen molar-refractivity contribution >= 4 is 17.5 Å². The molecule has 0 saturated heterocycles. The van der Waals surface area contributed by atoms with Crippen LogP contribution in [0.3, 0.4) is 0 Å². The lowest BCUT2D eigenvalue weighted by Crippen LogP contribution is -2.28. The Morgan fingerprint density at radius 1 is 1.38 bits per heavy atom. The van der Waals surface area contributed by atoms with Crippen LogP contribution in [0.4, 0.5) is 0 Å². The topological polar surface area (TPSA) is 51.2 Å². The molecule has 21 heavy (non-hydrogen) atoms. The van der Waals surface area contributed by atoms with Crippen LogP contribution in [0.1, 0.15) is 24.2 Å². The molecular formula is C16H17ClN2O2. The number of hydrogen-bond donors (Lipinski definition) is 1. The number of amides is 1. The zero-order valence-corrected chi connectivity index (χ0v) is 12.7. The molecule has 1 atom stereocenters. The van der Waals surface area contributed by atoms with E-state index in [4.69, 9.17) is 16.3 Å². The van der Waals surface area contributed by atoms with E-state index >= 15 is 0 Å². The van der Waals surface area contributed by atoms with Crippen LogP contribution in [0.5, 0.6) is 5.75 Å². The molecule has 0 unspecified atom stereocenters. The Labute approximate surface area is 129 Å². The number of aromatic nitrogens is 1. The highest BCUT2D eigenvalue weighted by molar-refractivity contribution is 6.30. The lowest BCUT2D eigenvalue weighted by Gasteiger charge is -2.14. The number of methoxy groups -OCH3 is 1. The third-order valence-electron chi connectivity index (χ3n) is 3.10. The van der Waals surface area contributed by atoms with Crippen LogP contribution in [-0.2, 0) is 11.2 Å². The molecule has 1 amide bonds. The van der Waals surface area contributed by atoms with Crippen molar-refractivity contribution in [1.82, 2.24) is 10.3 Å². The first-order chi connectivity index (χ1) is 10.1. The zero-order chi connectivity index (χ0) is 15.2. The van der Waals surface area contributed by atoms with E-state index in [1.54, 1.807) is 31.5 Å². The van der Waals surface area contributed by atoms with E-state index in [0.29, 0.717) is 10.8 Å². The minimum atomic E-state index is -0.149. The number of rotatable bonds is 5. The minimum Gasteiger partial charge on any atom is -0.496 e. The predicted octanol–water partition coefficient (Wildman–Crippen LogP) is 3.16. The lowest BCUT2D eigenvalue weighted by molar-refractivity contribution is -0.121. The molecule has 1 heterocycles. The van der Waals surface area contributed by atoms with Crippen molar-refractivity contribution in [2.24, 2.45) is 0 Å². The van der Waals surface area contributed by atoms with E-state index < -0.39 is 0 Å². The summed E-state index contributed by atoms with van der Waals surface area (Å²) in [4.78, 5) is 16.4. The first-order valence-corrected chi connectivity index (χ1v) is 7.00. The molecule has 0 bridgehead atoms. The van der Waals surface area contributed by atoms with Crippen LogP contribution in [0.25, 0.3) is 0 Å². The Bertz CT molecular complexity index is 617. The van der Waals surface area contributed by atoms with Crippen molar-refractivity contribution in [3.63, 3.8) is 0 Å². The average Bonchev–Trinajstić information content (AvgIpc) is 2.48. The van der Waals surface area contributed by atoms with E-state index in [1.165, 1.54) is 0 Å². The number of carbonyl (C=O) groups is 1. The number of hydrogen-bond acceptors (Lipinski definition) is 3. The van der Waals surface area contributed by atoms with E-state index in [9.17, 15) is 4.79 Å². The first kappa shape index (κ1) is 15.3. The molecule has 0 spiro atoms. The number of nitrogens with zero attached hydrogens (tertiary/aromatic N) is 1. The fraction of sp³-hybridized carbons (Fsp3) is 0.250. The Hall–Kier alpha value is -2.07. The van der Waals surface area contributed by atoms with E-state index in [2.05, 4.69) is 10.3 Å². The molecule has 4 nitrogen and oxygen atoms in total. The number of pyridine rings is 1. The summed E-state index contributed by atoms with van der Waals surface area (Å²) in [6, 6.07) is 10.7. The highest BCUT2D eigenvalue weighted by Crippen LogP contribution is 2.23. The molecule has 1 N–H and O–H groups in total. The van der Waals surface area contributed by atoms with Crippen molar-refractivity contribution < 1.29 is 9.53 Å². The normalized spacial score (nSPS) is 11.8. The van der Waals surface area contributed by atoms with Crippen molar-refractivity contribution in [3.05, 3.63) is 58.9 Å². The molecule has 2 aromatic rings. The molecule has 0 aliphatic rings. The second-order valence-corrected chi connectivity index (χ2v) is 5.11. The Morgan fingerprint density at radius 3 is 2.86 bits per heavy atom. The van der Waals surface area contributed by atoms with Crippen LogP contribution in [0.2, 0.25) is 5.02 Å². The van der Waals surface area contributed by atoms with E-state index in [1.807, 2.05) is 25.1 Å². The fourth-order valence-corrected chi connectivity index (χ4v) is 2.25. The lowest BCUT2D eigenvalue weighted by atomic mass is 10.1. The van der Waals surface area contributed by atoms with Gasteiger partial charge in [0.05, 0.1) is 25.3 Å². The van der Waals surface area contributed by atoms with Crippen molar-refractivity contribution in [2.75, 3.05) is 7.11 Å². The van der Waals surface area contributed by atoms with Crippen LogP contribution >= 0.6 is 11.6 Å². The molecule has 0 aliphatic carbocycles. The minimum absolute atomic E-state index is 0.103. The smallest absolute Gasteiger partial charge is 0.225 e. The quantitative estimate of drug-likeness (QED) is 0.923. The second kappa shape index (κ2) is 7.09. The second-order valence-electron chi connectivity index (χ2n) is 4.68. The van der Waals surface area contributed by atoms with Gasteiger partial charge in [-0.3, -0.25) is 9.78 Å². The molecule has 0 saturated carbocycles. The third kappa shape index (κ3) is 4.20. The molecular weight excluding hydrogens is 288 g/mol. The van der Waals surface area contributed by atoms with Gasteiger partial charge >= 0.3 is 0 Å². The van der Waals surface area contributed by atoms with Gasteiger partial charge in [0, 0.05) is 16.8 Å². The molecule has 110 valence electrons. The van der Waals surface area contributed by atoms with Crippen molar-refractivity contribution in [2.45, 2.75) is 19.4 Å². The monoisotopic (exact) mass is 304 g/mol. The van der Waals surface area contributed by atoms with E-state index in [0.717, 1.165) is 11.3 Å². The van der Waals surface area contributed by atoms with Crippen LogP contribution in [0, 0.1) is 0 Å². The summed E-state index contributed by atoms with van der Waals surface area (Å²) >= 11 is 5.96. The van der Waals surface area contributed by atoms with Gasteiger partial charge in [-0.2, -0.15) is 0 Å². The maximum atomic E-state index is 12.1. The number of benzene rings is 1. The number of carbonyl (C=O) groups excluding carboxylic acids is 1. The number of ether oxygens (including phenoxy) is 1. The van der Waals surface area contributed by atoms with Crippen LogP contribution < -0.4 is 10.1 Å². The van der Waals surface area contributed by atoms with Gasteiger partial charge in [-0.05, 0) is 37.3 Å². The van der Waals surface area contributed by atoms with Crippen molar-refractivity contribution in [1.29, 1.82) is 0 Å². The molecule has 1 aromatic carbocycles. The van der Waals surface area contributed by atoms with Gasteiger partial charge in [-0.15, -0.1) is 0 Å². The molecule has 0 aliphatic heterocycles. The molecule has 5 heteroatoms. The average molecular weight is 305 g/mol. The van der Waals surface area contributed by atoms with Gasteiger partial charge in [0.25, 0.3) is 0 Å². The summed E-state index contributed by atoms with van der Waals surface area (Å²) in [7, 11) is 1.57. The number of nitrogens with one attached hydrogen (secondary N) is 1. The largest absolute Gasteiger partial charge is 0.496 e. The van der Waals surface area contributed by atoms with Crippen molar-refractivity contribution in [3.8, 4) is 5.75 Å². The first-order valence-electron chi connectivity index (χ1n) is 6.63. The Kier molecular flexibility index (Phi) is 5.17. The van der Waals surface area contributed by atoms with Crippen LogP contribution in [-0.4, -0.2) is 18.0 Å².